The maximum Gasteiger partial charge on any atom is 0.402 e. The number of aliphatic hydroxyl groups is 2. The minimum atomic E-state index is -2.72. The lowest BCUT2D eigenvalue weighted by Gasteiger charge is -2.33. The minimum Gasteiger partial charge on any atom is -0.426 e. The van der Waals surface area contributed by atoms with E-state index in [0.29, 0.717) is 11.3 Å². The van der Waals surface area contributed by atoms with Crippen molar-refractivity contribution in [3.8, 4) is 5.75 Å². The van der Waals surface area contributed by atoms with Gasteiger partial charge in [-0.2, -0.15) is 0 Å². The highest BCUT2D eigenvalue weighted by molar-refractivity contribution is 7.42. The van der Waals surface area contributed by atoms with Crippen molar-refractivity contribution < 1.29 is 28.5 Å². The Bertz CT molecular complexity index is 987. The molecule has 1 aliphatic heterocycles. The molecule has 0 spiro atoms. The van der Waals surface area contributed by atoms with Crippen LogP contribution in [0.4, 0.5) is 0 Å². The van der Waals surface area contributed by atoms with Gasteiger partial charge in [-0.25, -0.2) is 9.32 Å². The Labute approximate surface area is 167 Å². The van der Waals surface area contributed by atoms with Crippen molar-refractivity contribution in [3.63, 3.8) is 0 Å². The molecule has 11 heteroatoms. The van der Waals surface area contributed by atoms with E-state index in [1.807, 2.05) is 25.1 Å². The van der Waals surface area contributed by atoms with Crippen LogP contribution >= 0.6 is 8.60 Å². The zero-order valence-corrected chi connectivity index (χ0v) is 17.1. The number of nitrogens with zero attached hydrogens (tertiary/aromatic N) is 1. The third-order valence-electron chi connectivity index (χ3n) is 4.52. The third-order valence-corrected chi connectivity index (χ3v) is 5.61. The van der Waals surface area contributed by atoms with E-state index in [4.69, 9.17) is 18.3 Å². The van der Waals surface area contributed by atoms with E-state index >= 15 is 0 Å². The summed E-state index contributed by atoms with van der Waals surface area (Å²) in [5, 5.41) is 20.8. The molecule has 2 unspecified atom stereocenters. The van der Waals surface area contributed by atoms with Gasteiger partial charge in [0, 0.05) is 31.0 Å². The van der Waals surface area contributed by atoms with Crippen LogP contribution in [0.15, 0.2) is 34.0 Å². The van der Waals surface area contributed by atoms with E-state index in [9.17, 15) is 19.8 Å². The molecule has 29 heavy (non-hydrogen) atoms. The normalized spacial score (nSPS) is 17.5. The van der Waals surface area contributed by atoms with Crippen molar-refractivity contribution in [3.05, 3.63) is 61.9 Å². The first-order valence-electron chi connectivity index (χ1n) is 8.88. The smallest absolute Gasteiger partial charge is 0.402 e. The van der Waals surface area contributed by atoms with Gasteiger partial charge < -0.3 is 24.0 Å². The molecule has 0 radical (unpaired) electrons. The fourth-order valence-electron chi connectivity index (χ4n) is 2.89. The number of methoxy groups -OCH3 is 1. The van der Waals surface area contributed by atoms with Crippen LogP contribution in [0.1, 0.15) is 23.1 Å². The number of aryl methyl sites for hydroxylation is 3. The molecule has 3 rings (SSSR count). The van der Waals surface area contributed by atoms with Crippen LogP contribution in [0.25, 0.3) is 0 Å². The largest absolute Gasteiger partial charge is 0.426 e. The van der Waals surface area contributed by atoms with Gasteiger partial charge in [0.15, 0.2) is 0 Å². The molecule has 3 N–H and O–H groups in total. The van der Waals surface area contributed by atoms with Gasteiger partial charge in [0.05, 0.1) is 6.61 Å². The van der Waals surface area contributed by atoms with Crippen LogP contribution in [-0.2, 0) is 26.9 Å². The molecule has 0 saturated carbocycles. The van der Waals surface area contributed by atoms with Gasteiger partial charge in [-0.05, 0) is 25.8 Å². The third kappa shape index (κ3) is 4.92. The summed E-state index contributed by atoms with van der Waals surface area (Å²) in [6.07, 6.45) is 0.185. The zero-order valence-electron chi connectivity index (χ0n) is 16.2. The number of H-pyrrole nitrogens is 1. The number of aromatic amines is 1. The average Bonchev–Trinajstić information content (AvgIpc) is 2.66. The molecule has 2 aromatic rings. The monoisotopic (exact) mass is 426 g/mol. The molecule has 0 saturated heterocycles. The van der Waals surface area contributed by atoms with Crippen LogP contribution in [0.2, 0.25) is 0 Å². The minimum absolute atomic E-state index is 0.00762. The second-order valence-electron chi connectivity index (χ2n) is 6.68. The summed E-state index contributed by atoms with van der Waals surface area (Å²) in [6, 6.07) is 5.59. The SMILES string of the molecule is COC(CCn1cc(C)c(=O)[nH]c1=O)C(O)(O)OP1OCc2cccc(C)c2O1. The summed E-state index contributed by atoms with van der Waals surface area (Å²) >= 11 is 0. The predicted octanol–water partition coefficient (Wildman–Crippen LogP) is 1.05. The van der Waals surface area contributed by atoms with Gasteiger partial charge in [-0.15, -0.1) is 0 Å². The lowest BCUT2D eigenvalue weighted by molar-refractivity contribution is -0.345. The Hall–Kier alpha value is -2.07. The fraction of sp³-hybridized carbons (Fsp3) is 0.444. The number of hydrogen-bond donors (Lipinski definition) is 3. The van der Waals surface area contributed by atoms with Crippen molar-refractivity contribution >= 4 is 8.60 Å². The second-order valence-corrected chi connectivity index (χ2v) is 7.75. The standard InChI is InChI=1S/C18H23N2O8P/c1-11-5-4-6-13-10-26-29(27-15(11)13)28-18(23,24)14(25-3)7-8-20-9-12(2)16(21)19-17(20)22/h4-6,9,14,23-24H,7-8,10H2,1-3H3,(H,19,21,22). The summed E-state index contributed by atoms with van der Waals surface area (Å²) in [4.78, 5) is 25.5. The van der Waals surface area contributed by atoms with E-state index in [0.717, 1.165) is 11.1 Å². The van der Waals surface area contributed by atoms with Crippen LogP contribution in [0.3, 0.4) is 0 Å². The molecule has 0 aliphatic carbocycles. The maximum absolute atomic E-state index is 11.9. The highest BCUT2D eigenvalue weighted by atomic mass is 31.2. The molecule has 2 heterocycles. The lowest BCUT2D eigenvalue weighted by Crippen LogP contribution is -2.46. The Morgan fingerprint density at radius 2 is 2.07 bits per heavy atom. The number of aromatic nitrogens is 2. The predicted molar refractivity (Wildman–Crippen MR) is 103 cm³/mol. The summed E-state index contributed by atoms with van der Waals surface area (Å²) in [6.45, 7) is 3.70. The van der Waals surface area contributed by atoms with E-state index in [1.165, 1.54) is 17.9 Å². The number of ether oxygens (including phenoxy) is 1. The zero-order chi connectivity index (χ0) is 21.2. The molecule has 2 atom stereocenters. The molecular formula is C18H23N2O8P. The highest BCUT2D eigenvalue weighted by Crippen LogP contribution is 2.50. The molecule has 10 nitrogen and oxygen atoms in total. The van der Waals surface area contributed by atoms with Gasteiger partial charge in [0.2, 0.25) is 0 Å². The number of para-hydroxylation sites is 1. The maximum atomic E-state index is 11.9. The number of fused-ring (bicyclic) bond motifs is 1. The van der Waals surface area contributed by atoms with Crippen molar-refractivity contribution in [1.82, 2.24) is 9.55 Å². The van der Waals surface area contributed by atoms with E-state index < -0.39 is 31.9 Å². The fourth-order valence-corrected chi connectivity index (χ4v) is 4.03. The first kappa shape index (κ1) is 21.6. The number of rotatable bonds is 7. The molecular weight excluding hydrogens is 403 g/mol. The van der Waals surface area contributed by atoms with Crippen LogP contribution in [-0.4, -0.2) is 39.0 Å². The van der Waals surface area contributed by atoms with Gasteiger partial charge in [0.1, 0.15) is 11.9 Å². The molecule has 0 bridgehead atoms. The van der Waals surface area contributed by atoms with E-state index in [-0.39, 0.29) is 19.6 Å². The van der Waals surface area contributed by atoms with Crippen LogP contribution < -0.4 is 15.8 Å². The first-order valence-corrected chi connectivity index (χ1v) is 9.97. The summed E-state index contributed by atoms with van der Waals surface area (Å²) in [5.41, 5.74) is 0.995. The Balaban J connectivity index is 1.67. The van der Waals surface area contributed by atoms with E-state index in [1.54, 1.807) is 6.92 Å². The number of hydrogen-bond acceptors (Lipinski definition) is 8. The summed E-state index contributed by atoms with van der Waals surface area (Å²) < 4.78 is 22.8. The van der Waals surface area contributed by atoms with Gasteiger partial charge in [-0.1, -0.05) is 18.2 Å². The molecule has 1 aliphatic rings. The summed E-state index contributed by atoms with van der Waals surface area (Å²) in [5.74, 6) is -2.13. The van der Waals surface area contributed by atoms with Crippen molar-refractivity contribution in [2.45, 2.75) is 45.5 Å². The van der Waals surface area contributed by atoms with Crippen molar-refractivity contribution in [2.75, 3.05) is 7.11 Å². The van der Waals surface area contributed by atoms with Gasteiger partial charge in [-0.3, -0.25) is 14.3 Å². The molecule has 1 aromatic carbocycles. The molecule has 158 valence electrons. The first-order chi connectivity index (χ1) is 13.7. The lowest BCUT2D eigenvalue weighted by atomic mass is 10.1. The van der Waals surface area contributed by atoms with E-state index in [2.05, 4.69) is 4.98 Å². The summed E-state index contributed by atoms with van der Waals surface area (Å²) in [7, 11) is -0.794. The number of benzene rings is 1. The molecule has 0 fully saturated rings. The van der Waals surface area contributed by atoms with Crippen molar-refractivity contribution in [2.24, 2.45) is 0 Å². The van der Waals surface area contributed by atoms with Gasteiger partial charge in [0.25, 0.3) is 5.56 Å². The topological polar surface area (TPSA) is 132 Å². The van der Waals surface area contributed by atoms with Crippen molar-refractivity contribution in [1.29, 1.82) is 0 Å². The Morgan fingerprint density at radius 3 is 2.79 bits per heavy atom. The van der Waals surface area contributed by atoms with Gasteiger partial charge >= 0.3 is 20.3 Å². The highest BCUT2D eigenvalue weighted by Gasteiger charge is 2.42. The number of nitrogens with one attached hydrogen (secondary N) is 1. The Kier molecular flexibility index (Phi) is 6.52. The average molecular weight is 426 g/mol. The second kappa shape index (κ2) is 8.74. The molecule has 0 amide bonds. The Morgan fingerprint density at radius 1 is 1.31 bits per heavy atom. The van der Waals surface area contributed by atoms with Crippen LogP contribution in [0.5, 0.6) is 5.75 Å². The molecule has 1 aromatic heterocycles. The quantitative estimate of drug-likeness (QED) is 0.442. The van der Waals surface area contributed by atoms with Crippen LogP contribution in [0, 0.1) is 13.8 Å².